The molecule has 3 rings (SSSR count). The first-order valence-electron chi connectivity index (χ1n) is 7.98. The zero-order chi connectivity index (χ0) is 19.6. The Morgan fingerprint density at radius 3 is 2.67 bits per heavy atom. The van der Waals surface area contributed by atoms with Gasteiger partial charge < -0.3 is 5.32 Å². The quantitative estimate of drug-likeness (QED) is 0.721. The zero-order valence-corrected chi connectivity index (χ0v) is 15.3. The summed E-state index contributed by atoms with van der Waals surface area (Å²) in [5.41, 5.74) is 0.862. The van der Waals surface area contributed by atoms with Gasteiger partial charge in [0, 0.05) is 36.7 Å². The van der Waals surface area contributed by atoms with E-state index < -0.39 is 11.6 Å². The summed E-state index contributed by atoms with van der Waals surface area (Å²) in [4.78, 5) is 16.2. The number of carbonyl (C=O) groups excluding carboxylic acids is 1. The minimum Gasteiger partial charge on any atom is -0.356 e. The first-order chi connectivity index (χ1) is 12.8. The minimum absolute atomic E-state index is 0.0526. The van der Waals surface area contributed by atoms with Crippen LogP contribution in [0.25, 0.3) is 22.5 Å². The zero-order valence-electron chi connectivity index (χ0n) is 14.5. The van der Waals surface area contributed by atoms with E-state index in [0.717, 1.165) is 6.07 Å². The third-order valence-electron chi connectivity index (χ3n) is 3.75. The number of carbonyl (C=O) groups is 1. The molecule has 0 fully saturated rings. The molecule has 0 aliphatic heterocycles. The van der Waals surface area contributed by atoms with Crippen LogP contribution in [-0.2, 0) is 18.3 Å². The lowest BCUT2D eigenvalue weighted by molar-refractivity contribution is -0.118. The van der Waals surface area contributed by atoms with Gasteiger partial charge in [-0.2, -0.15) is 4.80 Å². The van der Waals surface area contributed by atoms with E-state index >= 15 is 0 Å². The number of amides is 1. The van der Waals surface area contributed by atoms with E-state index in [1.165, 1.54) is 30.0 Å². The van der Waals surface area contributed by atoms with Crippen LogP contribution in [0.15, 0.2) is 24.4 Å². The predicted molar refractivity (Wildman–Crippen MR) is 94.8 cm³/mol. The molecule has 0 saturated heterocycles. The number of benzene rings is 1. The average molecular weight is 393 g/mol. The van der Waals surface area contributed by atoms with Crippen molar-refractivity contribution in [3.63, 3.8) is 0 Å². The standard InChI is InChI=1S/C17H15ClF2N6O/c1-9(27)21-4-3-15-13(19)5-10(8-22-15)12-6-11(18)7-14(20)16(12)17-23-25-26(2)24-17/h5-8H,3-4H2,1-2H3,(H,21,27). The number of rotatable bonds is 5. The third kappa shape index (κ3) is 4.25. The first-order valence-corrected chi connectivity index (χ1v) is 8.35. The number of pyridine rings is 1. The summed E-state index contributed by atoms with van der Waals surface area (Å²) >= 11 is 5.98. The molecule has 140 valence electrons. The van der Waals surface area contributed by atoms with Crippen LogP contribution in [0.3, 0.4) is 0 Å². The van der Waals surface area contributed by atoms with Gasteiger partial charge in [0.05, 0.1) is 18.3 Å². The Bertz CT molecular complexity index is 1010. The van der Waals surface area contributed by atoms with Gasteiger partial charge in [0.25, 0.3) is 0 Å². The molecule has 0 atom stereocenters. The molecule has 0 aliphatic carbocycles. The molecule has 1 N–H and O–H groups in total. The van der Waals surface area contributed by atoms with Crippen LogP contribution >= 0.6 is 11.6 Å². The maximum Gasteiger partial charge on any atom is 0.216 e. The Morgan fingerprint density at radius 2 is 2.04 bits per heavy atom. The summed E-state index contributed by atoms with van der Waals surface area (Å²) in [5.74, 6) is -1.38. The number of hydrogen-bond donors (Lipinski definition) is 1. The van der Waals surface area contributed by atoms with Crippen molar-refractivity contribution in [1.29, 1.82) is 0 Å². The molecule has 1 amide bonds. The molecule has 2 heterocycles. The van der Waals surface area contributed by atoms with Gasteiger partial charge in [0.2, 0.25) is 11.7 Å². The Hall–Kier alpha value is -2.94. The fourth-order valence-corrected chi connectivity index (χ4v) is 2.77. The van der Waals surface area contributed by atoms with Gasteiger partial charge in [-0.15, -0.1) is 10.2 Å². The van der Waals surface area contributed by atoms with E-state index in [1.807, 2.05) is 0 Å². The second-order valence-electron chi connectivity index (χ2n) is 5.80. The van der Waals surface area contributed by atoms with E-state index in [4.69, 9.17) is 11.6 Å². The molecule has 0 bridgehead atoms. The summed E-state index contributed by atoms with van der Waals surface area (Å²) in [6, 6.07) is 3.85. The van der Waals surface area contributed by atoms with Crippen LogP contribution in [0, 0.1) is 11.6 Å². The molecule has 0 spiro atoms. The SMILES string of the molecule is CC(=O)NCCc1ncc(-c2cc(Cl)cc(F)c2-c2nnn(C)n2)cc1F. The predicted octanol–water partition coefficient (Wildman–Crippen LogP) is 2.55. The Balaban J connectivity index is 2.01. The van der Waals surface area contributed by atoms with Crippen LogP contribution in [0.2, 0.25) is 5.02 Å². The Morgan fingerprint density at radius 1 is 1.26 bits per heavy atom. The van der Waals surface area contributed by atoms with Crippen LogP contribution in [0.4, 0.5) is 8.78 Å². The highest BCUT2D eigenvalue weighted by atomic mass is 35.5. The van der Waals surface area contributed by atoms with E-state index in [1.54, 1.807) is 7.05 Å². The highest BCUT2D eigenvalue weighted by molar-refractivity contribution is 6.31. The van der Waals surface area contributed by atoms with Crippen LogP contribution in [-0.4, -0.2) is 37.6 Å². The van der Waals surface area contributed by atoms with Gasteiger partial charge in [-0.3, -0.25) is 9.78 Å². The van der Waals surface area contributed by atoms with E-state index in [9.17, 15) is 13.6 Å². The molecule has 0 radical (unpaired) electrons. The number of nitrogens with one attached hydrogen (secondary N) is 1. The third-order valence-corrected chi connectivity index (χ3v) is 3.97. The van der Waals surface area contributed by atoms with Crippen molar-refractivity contribution in [2.75, 3.05) is 6.54 Å². The normalized spacial score (nSPS) is 10.9. The van der Waals surface area contributed by atoms with E-state index in [2.05, 4.69) is 25.7 Å². The smallest absolute Gasteiger partial charge is 0.216 e. The number of aryl methyl sites for hydroxylation is 1. The van der Waals surface area contributed by atoms with Crippen molar-refractivity contribution in [3.05, 3.63) is 46.7 Å². The number of nitrogens with zero attached hydrogens (tertiary/aromatic N) is 5. The van der Waals surface area contributed by atoms with E-state index in [0.29, 0.717) is 11.1 Å². The van der Waals surface area contributed by atoms with Crippen molar-refractivity contribution in [1.82, 2.24) is 30.5 Å². The van der Waals surface area contributed by atoms with Crippen LogP contribution in [0.5, 0.6) is 0 Å². The van der Waals surface area contributed by atoms with Gasteiger partial charge in [0.1, 0.15) is 11.6 Å². The lowest BCUT2D eigenvalue weighted by Crippen LogP contribution is -2.23. The van der Waals surface area contributed by atoms with Crippen LogP contribution < -0.4 is 5.32 Å². The molecule has 0 aliphatic rings. The van der Waals surface area contributed by atoms with Gasteiger partial charge in [-0.25, -0.2) is 8.78 Å². The molecule has 10 heteroatoms. The summed E-state index contributed by atoms with van der Waals surface area (Å²) in [6.45, 7) is 1.64. The molecule has 27 heavy (non-hydrogen) atoms. The van der Waals surface area contributed by atoms with Crippen molar-refractivity contribution in [2.45, 2.75) is 13.3 Å². The number of halogens is 3. The van der Waals surface area contributed by atoms with Gasteiger partial charge >= 0.3 is 0 Å². The summed E-state index contributed by atoms with van der Waals surface area (Å²) in [5, 5.41) is 14.3. The molecule has 7 nitrogen and oxygen atoms in total. The largest absolute Gasteiger partial charge is 0.356 e. The highest BCUT2D eigenvalue weighted by Crippen LogP contribution is 2.35. The second-order valence-corrected chi connectivity index (χ2v) is 6.23. The molecule has 0 unspecified atom stereocenters. The molecular weight excluding hydrogens is 378 g/mol. The van der Waals surface area contributed by atoms with Crippen molar-refractivity contribution < 1.29 is 13.6 Å². The minimum atomic E-state index is -0.652. The fourth-order valence-electron chi connectivity index (χ4n) is 2.57. The molecule has 3 aromatic rings. The second kappa shape index (κ2) is 7.75. The van der Waals surface area contributed by atoms with Crippen LogP contribution in [0.1, 0.15) is 12.6 Å². The van der Waals surface area contributed by atoms with Gasteiger partial charge in [0.15, 0.2) is 0 Å². The molecule has 1 aromatic carbocycles. The molecule has 2 aromatic heterocycles. The maximum atomic E-state index is 14.6. The van der Waals surface area contributed by atoms with Gasteiger partial charge in [-0.1, -0.05) is 11.6 Å². The summed E-state index contributed by atoms with van der Waals surface area (Å²) in [7, 11) is 1.55. The highest BCUT2D eigenvalue weighted by Gasteiger charge is 2.19. The van der Waals surface area contributed by atoms with E-state index in [-0.39, 0.29) is 41.0 Å². The van der Waals surface area contributed by atoms with Crippen molar-refractivity contribution in [2.24, 2.45) is 7.05 Å². The monoisotopic (exact) mass is 392 g/mol. The summed E-state index contributed by atoms with van der Waals surface area (Å²) in [6.07, 6.45) is 1.64. The number of hydrogen-bond acceptors (Lipinski definition) is 5. The lowest BCUT2D eigenvalue weighted by atomic mass is 9.99. The number of tetrazole rings is 1. The fraction of sp³-hybridized carbons (Fsp3) is 0.235. The lowest BCUT2D eigenvalue weighted by Gasteiger charge is -2.10. The maximum absolute atomic E-state index is 14.6. The molecular formula is C17H15ClF2N6O. The topological polar surface area (TPSA) is 85.6 Å². The average Bonchev–Trinajstić information content (AvgIpc) is 3.01. The van der Waals surface area contributed by atoms with Crippen molar-refractivity contribution in [3.8, 4) is 22.5 Å². The Kier molecular flexibility index (Phi) is 5.41. The summed E-state index contributed by atoms with van der Waals surface area (Å²) < 4.78 is 29.0. The Labute approximate surface area is 158 Å². The van der Waals surface area contributed by atoms with Crippen molar-refractivity contribution >= 4 is 17.5 Å². The first kappa shape index (κ1) is 18.8. The number of aromatic nitrogens is 5. The van der Waals surface area contributed by atoms with Gasteiger partial charge in [-0.05, 0) is 29.0 Å². The molecule has 0 saturated carbocycles.